The third-order valence-electron chi connectivity index (χ3n) is 3.58. The molecular weight excluding hydrogens is 306 g/mol. The Morgan fingerprint density at radius 3 is 2.65 bits per heavy atom. The molecule has 0 aliphatic rings. The number of aryl methyl sites for hydroxylation is 1. The minimum absolute atomic E-state index is 0.178. The summed E-state index contributed by atoms with van der Waals surface area (Å²) >= 11 is 1.55. The maximum absolute atomic E-state index is 12.3. The Kier molecular flexibility index (Phi) is 4.48. The summed E-state index contributed by atoms with van der Waals surface area (Å²) in [6.07, 6.45) is 1.95. The first-order chi connectivity index (χ1) is 11.2. The summed E-state index contributed by atoms with van der Waals surface area (Å²) in [6.45, 7) is 2.03. The van der Waals surface area contributed by atoms with E-state index >= 15 is 0 Å². The summed E-state index contributed by atoms with van der Waals surface area (Å²) < 4.78 is 0. The standard InChI is InChI=1S/C18H17N3OS/c1-12-11-17(19-15-9-5-3-7-13(12)15)20-21-18(22)14-8-4-6-10-16(14)23-2/h3-11H,1-2H3,(H,19,20)(H,21,22). The van der Waals surface area contributed by atoms with E-state index in [0.29, 0.717) is 11.4 Å². The van der Waals surface area contributed by atoms with E-state index < -0.39 is 0 Å². The van der Waals surface area contributed by atoms with Gasteiger partial charge in [0.1, 0.15) is 5.82 Å². The number of aromatic nitrogens is 1. The molecule has 4 nitrogen and oxygen atoms in total. The van der Waals surface area contributed by atoms with Crippen molar-refractivity contribution in [3.63, 3.8) is 0 Å². The van der Waals surface area contributed by atoms with Crippen LogP contribution in [-0.4, -0.2) is 17.1 Å². The van der Waals surface area contributed by atoms with Crippen molar-refractivity contribution in [1.29, 1.82) is 0 Å². The number of hydrogen-bond donors (Lipinski definition) is 2. The fourth-order valence-electron chi connectivity index (χ4n) is 2.43. The second-order valence-corrected chi connectivity index (χ2v) is 5.97. The van der Waals surface area contributed by atoms with Gasteiger partial charge < -0.3 is 0 Å². The number of anilines is 1. The minimum atomic E-state index is -0.178. The van der Waals surface area contributed by atoms with Crippen LogP contribution in [0.4, 0.5) is 5.82 Å². The van der Waals surface area contributed by atoms with Crippen molar-refractivity contribution in [1.82, 2.24) is 10.4 Å². The third kappa shape index (κ3) is 3.29. The summed E-state index contributed by atoms with van der Waals surface area (Å²) in [5, 5.41) is 1.11. The Balaban J connectivity index is 1.79. The molecule has 0 radical (unpaired) electrons. The molecule has 1 aromatic heterocycles. The van der Waals surface area contributed by atoms with Gasteiger partial charge in [0.15, 0.2) is 0 Å². The van der Waals surface area contributed by atoms with E-state index in [-0.39, 0.29) is 5.91 Å². The number of pyridine rings is 1. The van der Waals surface area contributed by atoms with Crippen molar-refractivity contribution in [3.05, 3.63) is 65.7 Å². The number of amides is 1. The maximum atomic E-state index is 12.3. The lowest BCUT2D eigenvalue weighted by Crippen LogP contribution is -2.30. The van der Waals surface area contributed by atoms with Crippen molar-refractivity contribution in [3.8, 4) is 0 Å². The average Bonchev–Trinajstić information content (AvgIpc) is 2.59. The Hall–Kier alpha value is -2.53. The van der Waals surface area contributed by atoms with Crippen LogP contribution in [0.15, 0.2) is 59.5 Å². The molecule has 116 valence electrons. The fraction of sp³-hybridized carbons (Fsp3) is 0.111. The number of rotatable bonds is 4. The molecule has 0 unspecified atom stereocenters. The molecule has 0 aliphatic heterocycles. The van der Waals surface area contributed by atoms with E-state index in [1.807, 2.05) is 67.8 Å². The molecule has 0 aliphatic carbocycles. The topological polar surface area (TPSA) is 54.0 Å². The first-order valence-corrected chi connectivity index (χ1v) is 8.47. The van der Waals surface area contributed by atoms with Gasteiger partial charge in [0.25, 0.3) is 5.91 Å². The van der Waals surface area contributed by atoms with Gasteiger partial charge in [-0.15, -0.1) is 11.8 Å². The minimum Gasteiger partial charge on any atom is -0.282 e. The first-order valence-electron chi connectivity index (χ1n) is 7.25. The van der Waals surface area contributed by atoms with Crippen LogP contribution in [-0.2, 0) is 0 Å². The number of para-hydroxylation sites is 1. The van der Waals surface area contributed by atoms with Crippen molar-refractivity contribution < 1.29 is 4.79 Å². The predicted molar refractivity (Wildman–Crippen MR) is 95.8 cm³/mol. The number of carbonyl (C=O) groups is 1. The van der Waals surface area contributed by atoms with Crippen LogP contribution >= 0.6 is 11.8 Å². The van der Waals surface area contributed by atoms with Crippen molar-refractivity contribution in [2.45, 2.75) is 11.8 Å². The lowest BCUT2D eigenvalue weighted by atomic mass is 10.1. The van der Waals surface area contributed by atoms with E-state index in [0.717, 1.165) is 21.4 Å². The molecule has 2 aromatic carbocycles. The van der Waals surface area contributed by atoms with Crippen molar-refractivity contribution in [2.24, 2.45) is 0 Å². The third-order valence-corrected chi connectivity index (χ3v) is 4.37. The monoisotopic (exact) mass is 323 g/mol. The fourth-order valence-corrected chi connectivity index (χ4v) is 3.03. The molecule has 3 aromatic rings. The normalized spacial score (nSPS) is 10.5. The highest BCUT2D eigenvalue weighted by Gasteiger charge is 2.10. The molecule has 0 saturated heterocycles. The molecule has 0 saturated carbocycles. The molecule has 3 rings (SSSR count). The van der Waals surface area contributed by atoms with Gasteiger partial charge >= 0.3 is 0 Å². The average molecular weight is 323 g/mol. The number of hydrazine groups is 1. The number of fused-ring (bicyclic) bond motifs is 1. The molecule has 1 amide bonds. The summed E-state index contributed by atoms with van der Waals surface area (Å²) in [4.78, 5) is 17.8. The Bertz CT molecular complexity index is 864. The van der Waals surface area contributed by atoms with E-state index in [9.17, 15) is 4.79 Å². The number of nitrogens with zero attached hydrogens (tertiary/aromatic N) is 1. The summed E-state index contributed by atoms with van der Waals surface area (Å²) in [7, 11) is 0. The zero-order valence-electron chi connectivity index (χ0n) is 13.0. The van der Waals surface area contributed by atoms with E-state index in [1.54, 1.807) is 11.8 Å². The molecule has 5 heteroatoms. The molecule has 1 heterocycles. The van der Waals surface area contributed by atoms with Crippen molar-refractivity contribution in [2.75, 3.05) is 11.7 Å². The molecule has 0 fully saturated rings. The van der Waals surface area contributed by atoms with Gasteiger partial charge in [0.05, 0.1) is 11.1 Å². The summed E-state index contributed by atoms with van der Waals surface area (Å²) in [5.74, 6) is 0.443. The van der Waals surface area contributed by atoms with Crippen LogP contribution in [0.2, 0.25) is 0 Å². The van der Waals surface area contributed by atoms with Crippen LogP contribution in [0.25, 0.3) is 10.9 Å². The van der Waals surface area contributed by atoms with Gasteiger partial charge in [-0.1, -0.05) is 30.3 Å². The van der Waals surface area contributed by atoms with Crippen LogP contribution in [0.5, 0.6) is 0 Å². The molecule has 23 heavy (non-hydrogen) atoms. The first kappa shape index (κ1) is 15.4. The second kappa shape index (κ2) is 6.71. The molecule has 2 N–H and O–H groups in total. The Morgan fingerprint density at radius 2 is 1.83 bits per heavy atom. The van der Waals surface area contributed by atoms with Crippen LogP contribution in [0.1, 0.15) is 15.9 Å². The van der Waals surface area contributed by atoms with E-state index in [1.165, 1.54) is 0 Å². The van der Waals surface area contributed by atoms with Crippen LogP contribution in [0, 0.1) is 6.92 Å². The van der Waals surface area contributed by atoms with Crippen LogP contribution in [0.3, 0.4) is 0 Å². The smallest absolute Gasteiger partial charge is 0.270 e. The molecule has 0 bridgehead atoms. The maximum Gasteiger partial charge on any atom is 0.270 e. The predicted octanol–water partition coefficient (Wildman–Crippen LogP) is 4.02. The van der Waals surface area contributed by atoms with Gasteiger partial charge in [-0.05, 0) is 43.0 Å². The van der Waals surface area contributed by atoms with E-state index in [2.05, 4.69) is 15.8 Å². The highest BCUT2D eigenvalue weighted by molar-refractivity contribution is 7.98. The van der Waals surface area contributed by atoms with E-state index in [4.69, 9.17) is 0 Å². The zero-order valence-corrected chi connectivity index (χ0v) is 13.8. The lowest BCUT2D eigenvalue weighted by Gasteiger charge is -2.11. The highest BCUT2D eigenvalue weighted by atomic mass is 32.2. The van der Waals surface area contributed by atoms with Gasteiger partial charge in [-0.3, -0.25) is 15.6 Å². The van der Waals surface area contributed by atoms with Gasteiger partial charge in [-0.2, -0.15) is 0 Å². The molecule has 0 atom stereocenters. The number of thioether (sulfide) groups is 1. The van der Waals surface area contributed by atoms with Gasteiger partial charge in [0.2, 0.25) is 0 Å². The van der Waals surface area contributed by atoms with Gasteiger partial charge in [-0.25, -0.2) is 4.98 Å². The lowest BCUT2D eigenvalue weighted by molar-refractivity contribution is 0.0959. The quantitative estimate of drug-likeness (QED) is 0.562. The Morgan fingerprint density at radius 1 is 1.09 bits per heavy atom. The number of carbonyl (C=O) groups excluding carboxylic acids is 1. The SMILES string of the molecule is CSc1ccccc1C(=O)NNc1cc(C)c2ccccc2n1. The molecular formula is C18H17N3OS. The summed E-state index contributed by atoms with van der Waals surface area (Å²) in [5.41, 5.74) is 8.27. The zero-order chi connectivity index (χ0) is 16.2. The Labute approximate surface area is 139 Å². The van der Waals surface area contributed by atoms with Gasteiger partial charge in [0, 0.05) is 10.3 Å². The second-order valence-electron chi connectivity index (χ2n) is 5.12. The number of nitrogens with one attached hydrogen (secondary N) is 2. The largest absolute Gasteiger partial charge is 0.282 e. The number of hydrogen-bond acceptors (Lipinski definition) is 4. The number of benzene rings is 2. The van der Waals surface area contributed by atoms with Crippen LogP contribution < -0.4 is 10.9 Å². The highest BCUT2D eigenvalue weighted by Crippen LogP contribution is 2.21. The van der Waals surface area contributed by atoms with Crippen molar-refractivity contribution >= 4 is 34.4 Å². The summed E-state index contributed by atoms with van der Waals surface area (Å²) in [6, 6.07) is 17.4. The molecule has 0 spiro atoms.